The summed E-state index contributed by atoms with van der Waals surface area (Å²) in [6, 6.07) is 0. The maximum Gasteiger partial charge on any atom is 0.253 e. The molecule has 0 aliphatic carbocycles. The standard InChI is InChI=1S/C8H12ClN3O3S2/c1-10-6(13)3-4-12(2)17(14,15)7-5-11-8(9)16-7/h5H,3-4H2,1-2H3,(H,10,13). The van der Waals surface area contributed by atoms with Gasteiger partial charge in [-0.25, -0.2) is 13.4 Å². The van der Waals surface area contributed by atoms with Crippen LogP contribution in [-0.2, 0) is 14.8 Å². The summed E-state index contributed by atoms with van der Waals surface area (Å²) in [5.74, 6) is -0.214. The molecular formula is C8H12ClN3O3S2. The van der Waals surface area contributed by atoms with E-state index < -0.39 is 10.0 Å². The second-order valence-corrected chi connectivity index (χ2v) is 7.07. The predicted molar refractivity (Wildman–Crippen MR) is 65.6 cm³/mol. The van der Waals surface area contributed by atoms with E-state index in [4.69, 9.17) is 11.6 Å². The third kappa shape index (κ3) is 3.63. The van der Waals surface area contributed by atoms with Crippen molar-refractivity contribution in [3.63, 3.8) is 0 Å². The highest BCUT2D eigenvalue weighted by atomic mass is 35.5. The molecule has 0 radical (unpaired) electrons. The number of nitrogens with one attached hydrogen (secondary N) is 1. The average molecular weight is 298 g/mol. The lowest BCUT2D eigenvalue weighted by molar-refractivity contribution is -0.120. The summed E-state index contributed by atoms with van der Waals surface area (Å²) in [6.45, 7) is 0.109. The van der Waals surface area contributed by atoms with E-state index in [0.29, 0.717) is 0 Å². The van der Waals surface area contributed by atoms with Gasteiger partial charge in [0.15, 0.2) is 8.68 Å². The fourth-order valence-electron chi connectivity index (χ4n) is 1.02. The molecule has 9 heteroatoms. The van der Waals surface area contributed by atoms with Crippen molar-refractivity contribution in [2.45, 2.75) is 10.6 Å². The van der Waals surface area contributed by atoms with Gasteiger partial charge in [-0.15, -0.1) is 0 Å². The van der Waals surface area contributed by atoms with Crippen LogP contribution in [0.25, 0.3) is 0 Å². The zero-order chi connectivity index (χ0) is 13.1. The molecule has 1 amide bonds. The smallest absolute Gasteiger partial charge is 0.253 e. The van der Waals surface area contributed by atoms with E-state index in [9.17, 15) is 13.2 Å². The molecule has 1 aromatic rings. The second kappa shape index (κ2) is 5.76. The molecule has 0 spiro atoms. The molecule has 0 atom stereocenters. The molecule has 0 unspecified atom stereocenters. The first-order chi connectivity index (χ1) is 7.87. The quantitative estimate of drug-likeness (QED) is 0.861. The number of nitrogens with zero attached hydrogens (tertiary/aromatic N) is 2. The zero-order valence-corrected chi connectivity index (χ0v) is 11.7. The number of halogens is 1. The van der Waals surface area contributed by atoms with Crippen LogP contribution in [0.3, 0.4) is 0 Å². The minimum Gasteiger partial charge on any atom is -0.359 e. The molecule has 0 fully saturated rings. The molecule has 1 aromatic heterocycles. The minimum atomic E-state index is -3.60. The number of hydrogen-bond donors (Lipinski definition) is 1. The molecule has 6 nitrogen and oxygen atoms in total. The normalized spacial score (nSPS) is 11.8. The third-order valence-corrected chi connectivity index (χ3v) is 5.46. The number of aromatic nitrogens is 1. The van der Waals surface area contributed by atoms with E-state index in [1.807, 2.05) is 0 Å². The Labute approximate surface area is 109 Å². The van der Waals surface area contributed by atoms with Gasteiger partial charge in [0.1, 0.15) is 0 Å². The Balaban J connectivity index is 2.74. The number of thiazole rings is 1. The molecule has 0 saturated heterocycles. The van der Waals surface area contributed by atoms with Crippen molar-refractivity contribution in [2.75, 3.05) is 20.6 Å². The van der Waals surface area contributed by atoms with E-state index in [1.165, 1.54) is 20.3 Å². The van der Waals surface area contributed by atoms with Crippen LogP contribution in [0.2, 0.25) is 4.47 Å². The zero-order valence-electron chi connectivity index (χ0n) is 9.31. The number of hydrogen-bond acceptors (Lipinski definition) is 5. The molecule has 1 rings (SSSR count). The number of sulfonamides is 1. The van der Waals surface area contributed by atoms with Crippen molar-refractivity contribution in [3.8, 4) is 0 Å². The molecule has 0 aliphatic rings. The fourth-order valence-corrected chi connectivity index (χ4v) is 3.69. The maximum absolute atomic E-state index is 12.0. The largest absolute Gasteiger partial charge is 0.359 e. The molecule has 96 valence electrons. The Hall–Kier alpha value is -0.700. The van der Waals surface area contributed by atoms with Crippen molar-refractivity contribution < 1.29 is 13.2 Å². The maximum atomic E-state index is 12.0. The highest BCUT2D eigenvalue weighted by molar-refractivity contribution is 7.91. The van der Waals surface area contributed by atoms with Gasteiger partial charge in [-0.05, 0) is 0 Å². The lowest BCUT2D eigenvalue weighted by Gasteiger charge is -2.14. The minimum absolute atomic E-state index is 0.0712. The van der Waals surface area contributed by atoms with Crippen LogP contribution in [0.4, 0.5) is 0 Å². The summed E-state index contributed by atoms with van der Waals surface area (Å²) in [5, 5.41) is 2.42. The van der Waals surface area contributed by atoms with Gasteiger partial charge in [0, 0.05) is 27.1 Å². The first kappa shape index (κ1) is 14.4. The monoisotopic (exact) mass is 297 g/mol. The van der Waals surface area contributed by atoms with Crippen LogP contribution in [-0.4, -0.2) is 44.3 Å². The van der Waals surface area contributed by atoms with E-state index in [-0.39, 0.29) is 27.5 Å². The van der Waals surface area contributed by atoms with Crippen LogP contribution in [0.15, 0.2) is 10.4 Å². The van der Waals surface area contributed by atoms with Crippen molar-refractivity contribution in [3.05, 3.63) is 10.7 Å². The van der Waals surface area contributed by atoms with Gasteiger partial charge in [0.2, 0.25) is 5.91 Å². The van der Waals surface area contributed by atoms with E-state index >= 15 is 0 Å². The molecule has 0 saturated carbocycles. The first-order valence-corrected chi connectivity index (χ1v) is 7.29. The molecule has 17 heavy (non-hydrogen) atoms. The molecule has 0 bridgehead atoms. The molecule has 0 aromatic carbocycles. The van der Waals surface area contributed by atoms with Crippen molar-refractivity contribution in [1.82, 2.24) is 14.6 Å². The summed E-state index contributed by atoms with van der Waals surface area (Å²) in [6.07, 6.45) is 1.32. The van der Waals surface area contributed by atoms with Gasteiger partial charge in [-0.2, -0.15) is 4.31 Å². The van der Waals surface area contributed by atoms with Crippen LogP contribution in [0.1, 0.15) is 6.42 Å². The molecule has 1 heterocycles. The van der Waals surface area contributed by atoms with Crippen LogP contribution in [0.5, 0.6) is 0 Å². The lowest BCUT2D eigenvalue weighted by Crippen LogP contribution is -2.31. The average Bonchev–Trinajstić information content (AvgIpc) is 2.72. The topological polar surface area (TPSA) is 79.4 Å². The van der Waals surface area contributed by atoms with Gasteiger partial charge in [0.05, 0.1) is 6.20 Å². The van der Waals surface area contributed by atoms with Gasteiger partial charge in [0.25, 0.3) is 10.0 Å². The number of carbonyl (C=O) groups is 1. The summed E-state index contributed by atoms with van der Waals surface area (Å²) < 4.78 is 25.2. The summed E-state index contributed by atoms with van der Waals surface area (Å²) in [7, 11) is -0.689. The van der Waals surface area contributed by atoms with Crippen molar-refractivity contribution in [1.29, 1.82) is 0 Å². The summed E-state index contributed by atoms with van der Waals surface area (Å²) >= 11 is 6.47. The Bertz CT molecular complexity index is 500. The van der Waals surface area contributed by atoms with Crippen molar-refractivity contribution in [2.24, 2.45) is 0 Å². The van der Waals surface area contributed by atoms with Gasteiger partial charge in [-0.1, -0.05) is 22.9 Å². The van der Waals surface area contributed by atoms with Gasteiger partial charge < -0.3 is 5.32 Å². The highest BCUT2D eigenvalue weighted by Gasteiger charge is 2.23. The van der Waals surface area contributed by atoms with Crippen LogP contribution >= 0.6 is 22.9 Å². The number of rotatable bonds is 5. The Kier molecular flexibility index (Phi) is 4.87. The lowest BCUT2D eigenvalue weighted by atomic mass is 10.4. The molecule has 0 aliphatic heterocycles. The highest BCUT2D eigenvalue weighted by Crippen LogP contribution is 2.24. The fraction of sp³-hybridized carbons (Fsp3) is 0.500. The Morgan fingerprint density at radius 1 is 1.65 bits per heavy atom. The predicted octanol–water partition coefficient (Wildman–Crippen LogP) is 0.553. The molecule has 1 N–H and O–H groups in total. The van der Waals surface area contributed by atoms with E-state index in [0.717, 1.165) is 15.6 Å². The summed E-state index contributed by atoms with van der Waals surface area (Å²) in [4.78, 5) is 14.7. The Morgan fingerprint density at radius 3 is 2.76 bits per heavy atom. The first-order valence-electron chi connectivity index (χ1n) is 4.66. The second-order valence-electron chi connectivity index (χ2n) is 3.18. The van der Waals surface area contributed by atoms with E-state index in [2.05, 4.69) is 10.3 Å². The Morgan fingerprint density at radius 2 is 2.29 bits per heavy atom. The van der Waals surface area contributed by atoms with Crippen LogP contribution in [0, 0.1) is 0 Å². The molecular weight excluding hydrogens is 286 g/mol. The van der Waals surface area contributed by atoms with Gasteiger partial charge in [-0.3, -0.25) is 4.79 Å². The van der Waals surface area contributed by atoms with Crippen molar-refractivity contribution >= 4 is 38.9 Å². The van der Waals surface area contributed by atoms with Crippen LogP contribution < -0.4 is 5.32 Å². The van der Waals surface area contributed by atoms with E-state index in [1.54, 1.807) is 0 Å². The third-order valence-electron chi connectivity index (χ3n) is 2.05. The number of amides is 1. The SMILES string of the molecule is CNC(=O)CCN(C)S(=O)(=O)c1cnc(Cl)s1. The number of carbonyl (C=O) groups excluding carboxylic acids is 1. The van der Waals surface area contributed by atoms with Gasteiger partial charge >= 0.3 is 0 Å². The summed E-state index contributed by atoms with van der Waals surface area (Å²) in [5.41, 5.74) is 0.